The fourth-order valence-corrected chi connectivity index (χ4v) is 4.40. The van der Waals surface area contributed by atoms with Gasteiger partial charge in [-0.25, -0.2) is 0 Å². The summed E-state index contributed by atoms with van der Waals surface area (Å²) >= 11 is 2.03. The maximum absolute atomic E-state index is 12.5. The van der Waals surface area contributed by atoms with Gasteiger partial charge >= 0.3 is 0 Å². The maximum atomic E-state index is 12.5. The summed E-state index contributed by atoms with van der Waals surface area (Å²) in [6.45, 7) is 7.27. The van der Waals surface area contributed by atoms with Crippen molar-refractivity contribution in [2.24, 2.45) is 0 Å². The van der Waals surface area contributed by atoms with Crippen LogP contribution in [0, 0.1) is 0 Å². The number of rotatable bonds is 3. The second-order valence-electron chi connectivity index (χ2n) is 6.89. The lowest BCUT2D eigenvalue weighted by molar-refractivity contribution is 0.0933. The molecule has 0 bridgehead atoms. The zero-order valence-corrected chi connectivity index (χ0v) is 14.0. The number of hydrogen-bond acceptors (Lipinski definition) is 3. The molecule has 0 spiro atoms. The van der Waals surface area contributed by atoms with Crippen LogP contribution in [0.4, 0.5) is 0 Å². The van der Waals surface area contributed by atoms with Gasteiger partial charge in [0.05, 0.1) is 6.54 Å². The number of fused-ring (bicyclic) bond motifs is 1. The molecule has 2 nitrogen and oxygen atoms in total. The lowest BCUT2D eigenvalue weighted by atomic mass is 10.0. The zero-order valence-electron chi connectivity index (χ0n) is 13.2. The lowest BCUT2D eigenvalue weighted by Gasteiger charge is -2.22. The molecule has 2 aliphatic rings. The topological polar surface area (TPSA) is 20.3 Å². The van der Waals surface area contributed by atoms with Crippen LogP contribution < -0.4 is 0 Å². The summed E-state index contributed by atoms with van der Waals surface area (Å²) in [5.74, 6) is 1.42. The van der Waals surface area contributed by atoms with Crippen molar-refractivity contribution in [2.75, 3.05) is 25.4 Å². The van der Waals surface area contributed by atoms with Gasteiger partial charge in [-0.05, 0) is 49.4 Å². The smallest absolute Gasteiger partial charge is 0.176 e. The molecule has 0 aromatic heterocycles. The van der Waals surface area contributed by atoms with Crippen LogP contribution in [0.15, 0.2) is 18.2 Å². The van der Waals surface area contributed by atoms with E-state index in [9.17, 15) is 4.79 Å². The summed E-state index contributed by atoms with van der Waals surface area (Å²) < 4.78 is 0.353. The Morgan fingerprint density at radius 3 is 2.90 bits per heavy atom. The number of Topliss-reactive ketones (excluding diaryl/α,β-unsaturated/α-hetero) is 1. The van der Waals surface area contributed by atoms with E-state index in [2.05, 4.69) is 30.9 Å². The van der Waals surface area contributed by atoms with Gasteiger partial charge in [0.25, 0.3) is 0 Å². The molecule has 0 atom stereocenters. The molecule has 0 N–H and O–H groups in total. The number of ketones is 1. The van der Waals surface area contributed by atoms with Crippen molar-refractivity contribution in [2.45, 2.75) is 44.3 Å². The van der Waals surface area contributed by atoms with E-state index in [1.54, 1.807) is 0 Å². The van der Waals surface area contributed by atoms with Crippen molar-refractivity contribution in [3.8, 4) is 0 Å². The van der Waals surface area contributed by atoms with Gasteiger partial charge in [-0.2, -0.15) is 11.8 Å². The van der Waals surface area contributed by atoms with E-state index >= 15 is 0 Å². The van der Waals surface area contributed by atoms with Gasteiger partial charge in [0, 0.05) is 22.6 Å². The van der Waals surface area contributed by atoms with Crippen molar-refractivity contribution in [1.82, 2.24) is 4.90 Å². The molecule has 1 aromatic carbocycles. The van der Waals surface area contributed by atoms with Crippen molar-refractivity contribution in [3.05, 3.63) is 34.9 Å². The van der Waals surface area contributed by atoms with E-state index in [4.69, 9.17) is 0 Å². The van der Waals surface area contributed by atoms with E-state index in [0.29, 0.717) is 11.3 Å². The minimum Gasteiger partial charge on any atom is -0.295 e. The Kier molecular flexibility index (Phi) is 4.41. The molecule has 1 aliphatic carbocycles. The third-order valence-electron chi connectivity index (χ3n) is 4.72. The Labute approximate surface area is 132 Å². The number of nitrogens with zero attached hydrogens (tertiary/aromatic N) is 1. The molecule has 1 aliphatic heterocycles. The number of carbonyl (C=O) groups is 1. The lowest BCUT2D eigenvalue weighted by Crippen LogP contribution is -2.32. The molecular formula is C18H25NOS. The van der Waals surface area contributed by atoms with Crippen LogP contribution in [0.3, 0.4) is 0 Å². The molecule has 0 amide bonds. The first kappa shape index (κ1) is 15.1. The molecule has 3 heteroatoms. The van der Waals surface area contributed by atoms with Crippen LogP contribution in [0.5, 0.6) is 0 Å². The molecule has 0 unspecified atom stereocenters. The number of hydrogen-bond donors (Lipinski definition) is 0. The molecule has 1 heterocycles. The summed E-state index contributed by atoms with van der Waals surface area (Å²) in [6, 6.07) is 6.33. The van der Waals surface area contributed by atoms with Crippen LogP contribution >= 0.6 is 11.8 Å². The highest BCUT2D eigenvalue weighted by molar-refractivity contribution is 8.00. The highest BCUT2D eigenvalue weighted by Crippen LogP contribution is 2.30. The van der Waals surface area contributed by atoms with E-state index in [0.717, 1.165) is 37.2 Å². The molecule has 1 aromatic rings. The van der Waals surface area contributed by atoms with E-state index in [1.165, 1.54) is 24.0 Å². The molecule has 0 radical (unpaired) electrons. The van der Waals surface area contributed by atoms with Crippen molar-refractivity contribution in [1.29, 1.82) is 0 Å². The molecule has 1 fully saturated rings. The van der Waals surface area contributed by atoms with Gasteiger partial charge in [0.15, 0.2) is 5.78 Å². The quantitative estimate of drug-likeness (QED) is 0.796. The summed E-state index contributed by atoms with van der Waals surface area (Å²) in [7, 11) is 0. The van der Waals surface area contributed by atoms with Gasteiger partial charge in [0.1, 0.15) is 0 Å². The van der Waals surface area contributed by atoms with Gasteiger partial charge < -0.3 is 0 Å². The van der Waals surface area contributed by atoms with Gasteiger partial charge in [-0.1, -0.05) is 26.0 Å². The number of benzene rings is 1. The first-order valence-corrected chi connectivity index (χ1v) is 9.03. The van der Waals surface area contributed by atoms with Gasteiger partial charge in [-0.3, -0.25) is 9.69 Å². The fourth-order valence-electron chi connectivity index (χ4n) is 3.26. The summed E-state index contributed by atoms with van der Waals surface area (Å²) in [6.07, 6.45) is 4.73. The highest BCUT2D eigenvalue weighted by Gasteiger charge is 2.25. The average Bonchev–Trinajstić information content (AvgIpc) is 2.84. The second kappa shape index (κ2) is 6.13. The molecule has 1 saturated heterocycles. The Bertz CT molecular complexity index is 538. The summed E-state index contributed by atoms with van der Waals surface area (Å²) in [5.41, 5.74) is 3.75. The second-order valence-corrected chi connectivity index (χ2v) is 8.70. The minimum atomic E-state index is 0.286. The number of aryl methyl sites for hydroxylation is 2. The summed E-state index contributed by atoms with van der Waals surface area (Å²) in [5, 5.41) is 0. The SMILES string of the molecule is CC1(C)CCN(CC(=O)c2ccc3c(c2)CCC3)CCS1. The van der Waals surface area contributed by atoms with Gasteiger partial charge in [-0.15, -0.1) is 0 Å². The fraction of sp³-hybridized carbons (Fsp3) is 0.611. The van der Waals surface area contributed by atoms with Crippen molar-refractivity contribution >= 4 is 17.5 Å². The molecule has 21 heavy (non-hydrogen) atoms. The Morgan fingerprint density at radius 2 is 2.05 bits per heavy atom. The first-order chi connectivity index (χ1) is 10.0. The van der Waals surface area contributed by atoms with E-state index in [-0.39, 0.29) is 5.78 Å². The van der Waals surface area contributed by atoms with E-state index in [1.807, 2.05) is 17.8 Å². The van der Waals surface area contributed by atoms with Crippen molar-refractivity contribution < 1.29 is 4.79 Å². The summed E-state index contributed by atoms with van der Waals surface area (Å²) in [4.78, 5) is 14.9. The third-order valence-corrected chi connectivity index (χ3v) is 6.09. The minimum absolute atomic E-state index is 0.286. The van der Waals surface area contributed by atoms with Crippen molar-refractivity contribution in [3.63, 3.8) is 0 Å². The average molecular weight is 303 g/mol. The van der Waals surface area contributed by atoms with Gasteiger partial charge in [0.2, 0.25) is 0 Å². The third kappa shape index (κ3) is 3.70. The Morgan fingerprint density at radius 1 is 1.24 bits per heavy atom. The first-order valence-electron chi connectivity index (χ1n) is 8.05. The maximum Gasteiger partial charge on any atom is 0.176 e. The number of carbonyl (C=O) groups excluding carboxylic acids is 1. The molecule has 0 saturated carbocycles. The van der Waals surface area contributed by atoms with Crippen LogP contribution in [0.1, 0.15) is 48.2 Å². The van der Waals surface area contributed by atoms with E-state index < -0.39 is 0 Å². The predicted molar refractivity (Wildman–Crippen MR) is 90.4 cm³/mol. The van der Waals surface area contributed by atoms with Crippen LogP contribution in [-0.2, 0) is 12.8 Å². The molecular weight excluding hydrogens is 278 g/mol. The molecule has 3 rings (SSSR count). The standard InChI is InChI=1S/C18H25NOS/c1-18(2)8-9-19(10-11-21-18)13-17(20)16-7-6-14-4-3-5-15(14)12-16/h6-7,12H,3-5,8-11,13H2,1-2H3. The largest absolute Gasteiger partial charge is 0.295 e. The Hall–Kier alpha value is -0.800. The van der Waals surface area contributed by atoms with Crippen LogP contribution in [0.25, 0.3) is 0 Å². The highest BCUT2D eigenvalue weighted by atomic mass is 32.2. The molecule has 114 valence electrons. The normalized spacial score (nSPS) is 21.8. The van der Waals surface area contributed by atoms with Crippen LogP contribution in [-0.4, -0.2) is 40.8 Å². The zero-order chi connectivity index (χ0) is 14.9. The number of thioether (sulfide) groups is 1. The predicted octanol–water partition coefficient (Wildman–Crippen LogP) is 3.58. The Balaban J connectivity index is 1.63. The van der Waals surface area contributed by atoms with Crippen LogP contribution in [0.2, 0.25) is 0 Å². The monoisotopic (exact) mass is 303 g/mol.